The lowest BCUT2D eigenvalue weighted by Gasteiger charge is -2.09. The van der Waals surface area contributed by atoms with Crippen molar-refractivity contribution in [2.45, 2.75) is 129 Å². The zero-order valence-electron chi connectivity index (χ0n) is 36.2. The van der Waals surface area contributed by atoms with Crippen molar-refractivity contribution >= 4 is 46.4 Å². The van der Waals surface area contributed by atoms with Crippen molar-refractivity contribution in [2.75, 3.05) is 13.2 Å². The Hall–Kier alpha value is -5.36. The van der Waals surface area contributed by atoms with E-state index in [1.54, 1.807) is 0 Å². The minimum atomic E-state index is 0.753. The van der Waals surface area contributed by atoms with Gasteiger partial charge in [0.25, 0.3) is 0 Å². The van der Waals surface area contributed by atoms with Crippen LogP contribution in [0.1, 0.15) is 152 Å². The van der Waals surface area contributed by atoms with Crippen LogP contribution >= 0.6 is 0 Å². The third-order valence-corrected chi connectivity index (χ3v) is 11.7. The Labute approximate surface area is 358 Å². The predicted molar refractivity (Wildman–Crippen MR) is 255 cm³/mol. The lowest BCUT2D eigenvalue weighted by molar-refractivity contribution is 0.304. The molecule has 0 saturated carbocycles. The Kier molecular flexibility index (Phi) is 16.3. The van der Waals surface area contributed by atoms with Crippen molar-refractivity contribution in [3.05, 3.63) is 108 Å². The van der Waals surface area contributed by atoms with Crippen LogP contribution in [0.5, 0.6) is 11.5 Å². The lowest BCUT2D eigenvalue weighted by Crippen LogP contribution is -1.97. The number of H-pyrrole nitrogens is 2. The van der Waals surface area contributed by atoms with Gasteiger partial charge in [-0.1, -0.05) is 141 Å². The summed E-state index contributed by atoms with van der Waals surface area (Å²) in [7, 11) is 0. The van der Waals surface area contributed by atoms with Crippen LogP contribution < -0.4 is 9.47 Å². The van der Waals surface area contributed by atoms with Crippen molar-refractivity contribution < 1.29 is 9.47 Å². The number of nitrogens with one attached hydrogen (secondary N) is 2. The maximum absolute atomic E-state index is 6.17. The van der Waals surface area contributed by atoms with Crippen LogP contribution in [0, 0.1) is 0 Å². The van der Waals surface area contributed by atoms with E-state index in [0.717, 1.165) is 105 Å². The second-order valence-corrected chi connectivity index (χ2v) is 16.6. The average molecular weight is 803 g/mol. The van der Waals surface area contributed by atoms with E-state index < -0.39 is 0 Å². The SMILES string of the molecule is CCCCCCCCCCCOc1ccc(-c2c3nc(cc4ccc([nH]4)c(-c4ccc(OCCCCCCCCCCC)cc4)c4nc(cc5ccc2[nH]5)C=C4)C=C3)cc1. The van der Waals surface area contributed by atoms with Crippen molar-refractivity contribution in [2.24, 2.45) is 0 Å². The molecule has 8 bridgehead atoms. The second kappa shape index (κ2) is 22.9. The first-order valence-corrected chi connectivity index (χ1v) is 23.2. The fourth-order valence-corrected chi connectivity index (χ4v) is 8.32. The van der Waals surface area contributed by atoms with Gasteiger partial charge in [0.05, 0.1) is 36.0 Å². The number of aromatic nitrogens is 4. The van der Waals surface area contributed by atoms with E-state index in [1.807, 2.05) is 0 Å². The molecule has 5 heterocycles. The number of ether oxygens (including phenoxy) is 2. The molecule has 314 valence electrons. The Balaban J connectivity index is 1.07. The van der Waals surface area contributed by atoms with Gasteiger partial charge in [-0.05, 0) is 109 Å². The fraction of sp³-hybridized carbons (Fsp3) is 0.407. The van der Waals surface area contributed by atoms with E-state index >= 15 is 0 Å². The highest BCUT2D eigenvalue weighted by atomic mass is 16.5. The van der Waals surface area contributed by atoms with Crippen LogP contribution in [-0.4, -0.2) is 33.1 Å². The van der Waals surface area contributed by atoms with E-state index in [4.69, 9.17) is 19.4 Å². The summed E-state index contributed by atoms with van der Waals surface area (Å²) >= 11 is 0. The van der Waals surface area contributed by atoms with E-state index in [1.165, 1.54) is 103 Å². The number of nitrogens with zero attached hydrogens (tertiary/aromatic N) is 2. The summed E-state index contributed by atoms with van der Waals surface area (Å²) in [6, 6.07) is 29.7. The largest absolute Gasteiger partial charge is 0.494 e. The Morgan fingerprint density at radius 3 is 1.15 bits per heavy atom. The molecule has 7 rings (SSSR count). The fourth-order valence-electron chi connectivity index (χ4n) is 8.32. The van der Waals surface area contributed by atoms with Gasteiger partial charge < -0.3 is 19.4 Å². The summed E-state index contributed by atoms with van der Waals surface area (Å²) in [5.41, 5.74) is 11.8. The molecule has 0 amide bonds. The third kappa shape index (κ3) is 12.3. The first-order chi connectivity index (χ1) is 29.7. The highest BCUT2D eigenvalue weighted by Gasteiger charge is 2.14. The normalized spacial score (nSPS) is 12.0. The number of aromatic amines is 2. The van der Waals surface area contributed by atoms with Gasteiger partial charge in [0, 0.05) is 33.2 Å². The third-order valence-electron chi connectivity index (χ3n) is 11.7. The molecule has 2 aliphatic heterocycles. The van der Waals surface area contributed by atoms with Gasteiger partial charge >= 0.3 is 0 Å². The summed E-state index contributed by atoms with van der Waals surface area (Å²) in [6.45, 7) is 6.06. The molecule has 2 aromatic carbocycles. The molecule has 6 nitrogen and oxygen atoms in total. The minimum Gasteiger partial charge on any atom is -0.494 e. The van der Waals surface area contributed by atoms with E-state index in [0.29, 0.717) is 0 Å². The van der Waals surface area contributed by atoms with Gasteiger partial charge in [0.1, 0.15) is 11.5 Å². The molecule has 0 radical (unpaired) electrons. The first-order valence-electron chi connectivity index (χ1n) is 23.2. The van der Waals surface area contributed by atoms with E-state index in [2.05, 4.69) is 133 Å². The molecule has 0 saturated heterocycles. The predicted octanol–water partition coefficient (Wildman–Crippen LogP) is 15.8. The molecule has 2 N–H and O–H groups in total. The van der Waals surface area contributed by atoms with Crippen LogP contribution in [0.2, 0.25) is 0 Å². The van der Waals surface area contributed by atoms with Gasteiger partial charge in [-0.15, -0.1) is 0 Å². The van der Waals surface area contributed by atoms with E-state index in [9.17, 15) is 0 Å². The number of hydrogen-bond acceptors (Lipinski definition) is 4. The quantitative estimate of drug-likeness (QED) is 0.0597. The highest BCUT2D eigenvalue weighted by molar-refractivity contribution is 5.93. The van der Waals surface area contributed by atoms with Crippen LogP contribution in [0.15, 0.2) is 84.9 Å². The Morgan fingerprint density at radius 2 is 0.767 bits per heavy atom. The second-order valence-electron chi connectivity index (χ2n) is 16.6. The van der Waals surface area contributed by atoms with Crippen molar-refractivity contribution in [1.29, 1.82) is 0 Å². The van der Waals surface area contributed by atoms with Crippen molar-refractivity contribution in [3.8, 4) is 33.8 Å². The van der Waals surface area contributed by atoms with Gasteiger partial charge in [0.2, 0.25) is 0 Å². The average Bonchev–Trinajstić information content (AvgIpc) is 4.11. The molecule has 60 heavy (non-hydrogen) atoms. The Bertz CT molecular complexity index is 2150. The van der Waals surface area contributed by atoms with Crippen LogP contribution in [0.3, 0.4) is 0 Å². The molecular weight excluding hydrogens is 737 g/mol. The number of hydrogen-bond donors (Lipinski definition) is 2. The molecule has 0 fully saturated rings. The number of rotatable bonds is 24. The maximum Gasteiger partial charge on any atom is 0.119 e. The molecule has 5 aromatic rings. The van der Waals surface area contributed by atoms with Gasteiger partial charge in [-0.25, -0.2) is 9.97 Å². The zero-order valence-corrected chi connectivity index (χ0v) is 36.2. The molecule has 0 atom stereocenters. The zero-order chi connectivity index (χ0) is 41.2. The van der Waals surface area contributed by atoms with Crippen molar-refractivity contribution in [3.63, 3.8) is 0 Å². The minimum absolute atomic E-state index is 0.753. The molecule has 0 spiro atoms. The molecule has 2 aliphatic rings. The smallest absolute Gasteiger partial charge is 0.119 e. The molecule has 3 aromatic heterocycles. The van der Waals surface area contributed by atoms with Gasteiger partial charge in [0.15, 0.2) is 0 Å². The Morgan fingerprint density at radius 1 is 0.400 bits per heavy atom. The summed E-state index contributed by atoms with van der Waals surface area (Å²) in [5.74, 6) is 1.81. The number of benzene rings is 2. The summed E-state index contributed by atoms with van der Waals surface area (Å²) < 4.78 is 12.3. The number of fused-ring (bicyclic) bond motifs is 8. The van der Waals surface area contributed by atoms with Crippen LogP contribution in [0.4, 0.5) is 0 Å². The summed E-state index contributed by atoms with van der Waals surface area (Å²) in [6.07, 6.45) is 31.9. The molecule has 6 heteroatoms. The molecular formula is C54H66N4O2. The maximum atomic E-state index is 6.17. The summed E-state index contributed by atoms with van der Waals surface area (Å²) in [4.78, 5) is 17.6. The van der Waals surface area contributed by atoms with Crippen LogP contribution in [-0.2, 0) is 0 Å². The molecule has 0 aliphatic carbocycles. The first kappa shape index (κ1) is 42.8. The van der Waals surface area contributed by atoms with E-state index in [-0.39, 0.29) is 0 Å². The summed E-state index contributed by atoms with van der Waals surface area (Å²) in [5, 5.41) is 0. The standard InChI is InChI=1S/C54H66N4O2/c1-3-5-7-9-11-13-15-17-19-37-59-47-29-21-41(22-30-47)53-49-33-25-43(55-49)39-45-27-35-51(57-45)54(52-36-28-46(58-52)40-44-26-34-50(53)56-44)42-23-31-48(32-24-42)60-38-20-18-16-14-12-10-8-6-4-2/h21-36,39-40,55,58H,3-20,37-38H2,1-2H3. The van der Waals surface area contributed by atoms with Gasteiger partial charge in [-0.2, -0.15) is 0 Å². The topological polar surface area (TPSA) is 75.8 Å². The van der Waals surface area contributed by atoms with Crippen LogP contribution in [0.25, 0.3) is 68.6 Å². The van der Waals surface area contributed by atoms with Crippen molar-refractivity contribution in [1.82, 2.24) is 19.9 Å². The lowest BCUT2D eigenvalue weighted by atomic mass is 10.0. The number of unbranched alkanes of at least 4 members (excludes halogenated alkanes) is 16. The monoisotopic (exact) mass is 803 g/mol. The highest BCUT2D eigenvalue weighted by Crippen LogP contribution is 2.34. The van der Waals surface area contributed by atoms with Gasteiger partial charge in [-0.3, -0.25) is 0 Å². The molecule has 0 unspecified atom stereocenters.